The second-order valence-electron chi connectivity index (χ2n) is 5.08. The number of carboxylic acids is 1. The van der Waals surface area contributed by atoms with Gasteiger partial charge in [-0.15, -0.1) is 23.9 Å². The maximum atomic E-state index is 10.1. The topological polar surface area (TPSA) is 81.5 Å². The summed E-state index contributed by atoms with van der Waals surface area (Å²) in [6, 6.07) is 15.5. The Bertz CT molecular complexity index is 894. The molecule has 1 aromatic carbocycles. The molecule has 1 radical (unpaired) electrons. The average molecular weight is 576 g/mol. The number of carboxylic acid groups (broad SMARTS) is 1. The Kier molecular flexibility index (Phi) is 10.2. The number of hydrogen-bond donors (Lipinski definition) is 1. The Morgan fingerprint density at radius 1 is 1.11 bits per heavy atom. The van der Waals surface area contributed by atoms with Crippen LogP contribution in [0.2, 0.25) is 0 Å². The number of aromatic carboxylic acids is 1. The van der Waals surface area contributed by atoms with Gasteiger partial charge in [-0.25, -0.2) is 9.78 Å². The summed E-state index contributed by atoms with van der Waals surface area (Å²) in [5.41, 5.74) is 1.77. The molecule has 1 N–H and O–H groups in total. The fourth-order valence-electron chi connectivity index (χ4n) is 2.10. The molecule has 2 heterocycles. The van der Waals surface area contributed by atoms with E-state index in [2.05, 4.69) is 16.0 Å². The zero-order valence-electron chi connectivity index (χ0n) is 15.5. The second kappa shape index (κ2) is 12.1. The summed E-state index contributed by atoms with van der Waals surface area (Å²) in [6.45, 7) is 0. The van der Waals surface area contributed by atoms with Crippen LogP contribution in [0.25, 0.3) is 11.3 Å². The zero-order chi connectivity index (χ0) is 19.6. The zero-order valence-corrected chi connectivity index (χ0v) is 18.7. The van der Waals surface area contributed by atoms with Gasteiger partial charge < -0.3 is 19.6 Å². The molecule has 0 atom stereocenters. The Morgan fingerprint density at radius 2 is 1.89 bits per heavy atom. The average Bonchev–Trinajstić information content (AvgIpc) is 2.74. The number of carbonyl (C=O) groups is 1. The third kappa shape index (κ3) is 6.64. The predicted octanol–water partition coefficient (Wildman–Crippen LogP) is 4.07. The maximum Gasteiger partial charge on any atom is 0.354 e. The minimum Gasteiger partial charge on any atom is -0.540 e. The molecule has 0 unspecified atom stereocenters. The van der Waals surface area contributed by atoms with Crippen LogP contribution in [0.15, 0.2) is 59.8 Å². The van der Waals surface area contributed by atoms with Crippen molar-refractivity contribution >= 4 is 17.7 Å². The Labute approximate surface area is 181 Å². The van der Waals surface area contributed by atoms with Crippen molar-refractivity contribution in [3.05, 3.63) is 66.6 Å². The minimum absolute atomic E-state index is 0. The summed E-state index contributed by atoms with van der Waals surface area (Å²) < 4.78 is 10.5. The molecule has 2 aromatic heterocycles. The maximum absolute atomic E-state index is 10.1. The van der Waals surface area contributed by atoms with Gasteiger partial charge in [-0.3, -0.25) is 0 Å². The van der Waals surface area contributed by atoms with E-state index in [1.807, 2.05) is 24.5 Å². The van der Waals surface area contributed by atoms with Crippen LogP contribution in [0, 0.1) is 6.07 Å². The third-order valence-corrected chi connectivity index (χ3v) is 4.17. The predicted molar refractivity (Wildman–Crippen MR) is 105 cm³/mol. The number of rotatable bonds is 5. The van der Waals surface area contributed by atoms with Gasteiger partial charge in [0.2, 0.25) is 0 Å². The van der Waals surface area contributed by atoms with Crippen LogP contribution >= 0.6 is 11.8 Å². The summed E-state index contributed by atoms with van der Waals surface area (Å²) in [4.78, 5) is 19.2. The molecule has 28 heavy (non-hydrogen) atoms. The molecule has 0 spiro atoms. The van der Waals surface area contributed by atoms with Crippen molar-refractivity contribution in [1.29, 1.82) is 0 Å². The number of hydrogen-bond acceptors (Lipinski definition) is 6. The van der Waals surface area contributed by atoms with Crippen molar-refractivity contribution in [3.8, 4) is 22.8 Å². The Hall–Kier alpha value is -2.41. The number of pyridine rings is 2. The van der Waals surface area contributed by atoms with Gasteiger partial charge in [0.1, 0.15) is 5.69 Å². The van der Waals surface area contributed by atoms with Gasteiger partial charge in [-0.05, 0) is 30.1 Å². The number of methoxy groups -OCH3 is 2. The molecule has 0 aliphatic carbocycles. The fraction of sp³-hybridized carbons (Fsp3) is 0.150. The molecule has 0 aliphatic rings. The Morgan fingerprint density at radius 3 is 2.43 bits per heavy atom. The molecule has 3 rings (SSSR count). The molecule has 0 saturated heterocycles. The van der Waals surface area contributed by atoms with Crippen molar-refractivity contribution in [2.45, 2.75) is 4.90 Å². The molecule has 8 heteroatoms. The van der Waals surface area contributed by atoms with Gasteiger partial charge in [0.15, 0.2) is 0 Å². The van der Waals surface area contributed by atoms with Gasteiger partial charge >= 0.3 is 5.97 Å². The van der Waals surface area contributed by atoms with E-state index in [1.54, 1.807) is 50.4 Å². The molecule has 0 aliphatic heterocycles. The van der Waals surface area contributed by atoms with Crippen molar-refractivity contribution < 1.29 is 39.5 Å². The molecule has 0 saturated carbocycles. The van der Waals surface area contributed by atoms with E-state index in [0.29, 0.717) is 5.75 Å². The smallest absolute Gasteiger partial charge is 0.354 e. The van der Waals surface area contributed by atoms with Crippen LogP contribution in [0.5, 0.6) is 11.5 Å². The van der Waals surface area contributed by atoms with Crippen molar-refractivity contribution in [1.82, 2.24) is 9.97 Å². The van der Waals surface area contributed by atoms with Crippen LogP contribution in [0.4, 0.5) is 0 Å². The largest absolute Gasteiger partial charge is 0.540 e. The first-order chi connectivity index (χ1) is 13.1. The molecular weight excluding hydrogens is 557 g/mol. The molecule has 3 aromatic rings. The first-order valence-electron chi connectivity index (χ1n) is 7.87. The fourth-order valence-corrected chi connectivity index (χ4v) is 2.53. The normalized spacial score (nSPS) is 9.39. The van der Waals surface area contributed by atoms with E-state index in [1.165, 1.54) is 12.3 Å². The van der Waals surface area contributed by atoms with Crippen molar-refractivity contribution in [3.63, 3.8) is 0 Å². The van der Waals surface area contributed by atoms with Crippen LogP contribution in [0.3, 0.4) is 0 Å². The molecule has 0 fully saturated rings. The standard InChI is InChI=1S/C14H14NO2S.C6H5NO2.Ir/c1-16-10-4-5-12(14(8-10)17-2)13-9-11(18-3)6-7-15-13;8-6(9)5-3-1-2-4-7-5;/h4,6-9H,1-3H3;1-4H,(H,8,9);/q-1;;. The van der Waals surface area contributed by atoms with E-state index in [9.17, 15) is 4.79 Å². The van der Waals surface area contributed by atoms with Gasteiger partial charge in [-0.1, -0.05) is 23.8 Å². The van der Waals surface area contributed by atoms with Gasteiger partial charge in [-0.2, -0.15) is 0 Å². The molecule has 0 amide bonds. The minimum atomic E-state index is -0.990. The van der Waals surface area contributed by atoms with E-state index in [4.69, 9.17) is 14.6 Å². The van der Waals surface area contributed by atoms with Crippen LogP contribution in [-0.2, 0) is 20.1 Å². The van der Waals surface area contributed by atoms with Crippen molar-refractivity contribution in [2.75, 3.05) is 20.5 Å². The van der Waals surface area contributed by atoms with Crippen LogP contribution < -0.4 is 9.47 Å². The van der Waals surface area contributed by atoms with E-state index >= 15 is 0 Å². The van der Waals surface area contributed by atoms with Crippen molar-refractivity contribution in [2.24, 2.45) is 0 Å². The van der Waals surface area contributed by atoms with E-state index in [0.717, 1.165) is 21.9 Å². The SMILES string of the molecule is COc1c[c-]c(-c2cc(SC)ccn2)c(OC)c1.O=C(O)c1ccccn1.[Ir]. The summed E-state index contributed by atoms with van der Waals surface area (Å²) in [5.74, 6) is 0.437. The number of nitrogens with zero attached hydrogens (tertiary/aromatic N) is 2. The van der Waals surface area contributed by atoms with Gasteiger partial charge in [0.25, 0.3) is 0 Å². The molecule has 6 nitrogen and oxygen atoms in total. The van der Waals surface area contributed by atoms with Gasteiger partial charge in [0.05, 0.1) is 14.2 Å². The number of ether oxygens (including phenoxy) is 2. The first kappa shape index (κ1) is 23.6. The monoisotopic (exact) mass is 576 g/mol. The number of aromatic nitrogens is 2. The summed E-state index contributed by atoms with van der Waals surface area (Å²) in [5, 5.41) is 8.32. The second-order valence-corrected chi connectivity index (χ2v) is 5.96. The van der Waals surface area contributed by atoms with E-state index < -0.39 is 5.97 Å². The molecule has 0 bridgehead atoms. The third-order valence-electron chi connectivity index (χ3n) is 3.44. The summed E-state index contributed by atoms with van der Waals surface area (Å²) in [7, 11) is 3.25. The van der Waals surface area contributed by atoms with E-state index in [-0.39, 0.29) is 25.8 Å². The number of benzene rings is 1. The van der Waals surface area contributed by atoms with Gasteiger partial charge in [0, 0.05) is 48.9 Å². The van der Waals surface area contributed by atoms with Crippen LogP contribution in [0.1, 0.15) is 10.5 Å². The molecule has 149 valence electrons. The quantitative estimate of drug-likeness (QED) is 0.363. The number of thioether (sulfide) groups is 1. The first-order valence-corrected chi connectivity index (χ1v) is 9.10. The Balaban J connectivity index is 0.000000332. The van der Waals surface area contributed by atoms with Crippen LogP contribution in [-0.4, -0.2) is 41.5 Å². The summed E-state index contributed by atoms with van der Waals surface area (Å²) >= 11 is 1.68. The summed E-state index contributed by atoms with van der Waals surface area (Å²) in [6.07, 6.45) is 5.27. The molecular formula is C20H19IrN2O4S-.